The van der Waals surface area contributed by atoms with E-state index in [9.17, 15) is 9.59 Å². The number of nitrogens with zero attached hydrogens (tertiary/aromatic N) is 3. The maximum absolute atomic E-state index is 12.4. The van der Waals surface area contributed by atoms with Crippen LogP contribution in [0.15, 0.2) is 36.9 Å². The van der Waals surface area contributed by atoms with Gasteiger partial charge in [0.25, 0.3) is 5.91 Å². The van der Waals surface area contributed by atoms with Crippen molar-refractivity contribution in [3.05, 3.63) is 59.4 Å². The van der Waals surface area contributed by atoms with Crippen LogP contribution in [0.2, 0.25) is 0 Å². The number of fused-ring (bicyclic) bond motifs is 1. The lowest BCUT2D eigenvalue weighted by molar-refractivity contribution is -0.114. The second-order valence-electron chi connectivity index (χ2n) is 5.89. The van der Waals surface area contributed by atoms with Crippen LogP contribution >= 0.6 is 0 Å². The van der Waals surface area contributed by atoms with Crippen LogP contribution in [0.4, 0.5) is 5.69 Å². The number of carbonyl (C=O) groups is 2. The van der Waals surface area contributed by atoms with E-state index in [0.717, 1.165) is 30.7 Å². The number of hydrogen-bond acceptors (Lipinski definition) is 3. The highest BCUT2D eigenvalue weighted by atomic mass is 16.2. The Kier molecular flexibility index (Phi) is 4.20. The third-order valence-corrected chi connectivity index (χ3v) is 4.39. The summed E-state index contributed by atoms with van der Waals surface area (Å²) in [6.45, 7) is 3.96. The van der Waals surface area contributed by atoms with Crippen LogP contribution in [0, 0.1) is 0 Å². The van der Waals surface area contributed by atoms with Gasteiger partial charge in [-0.3, -0.25) is 14.3 Å². The SMILES string of the molecule is C=CC(=O)N(Cc1c2c(nn1C)CCC2)c1cccc(C(N)=O)c1. The highest BCUT2D eigenvalue weighted by Crippen LogP contribution is 2.27. The molecule has 0 radical (unpaired) electrons. The van der Waals surface area contributed by atoms with E-state index < -0.39 is 5.91 Å². The van der Waals surface area contributed by atoms with E-state index in [1.54, 1.807) is 29.2 Å². The van der Waals surface area contributed by atoms with Crippen LogP contribution in [-0.4, -0.2) is 21.6 Å². The van der Waals surface area contributed by atoms with Gasteiger partial charge in [-0.2, -0.15) is 5.10 Å². The quantitative estimate of drug-likeness (QED) is 0.850. The van der Waals surface area contributed by atoms with Gasteiger partial charge in [-0.1, -0.05) is 12.6 Å². The van der Waals surface area contributed by atoms with Crippen molar-refractivity contribution >= 4 is 17.5 Å². The molecule has 0 spiro atoms. The summed E-state index contributed by atoms with van der Waals surface area (Å²) in [7, 11) is 1.89. The van der Waals surface area contributed by atoms with Crippen molar-refractivity contribution in [3.8, 4) is 0 Å². The zero-order valence-electron chi connectivity index (χ0n) is 13.7. The molecule has 1 heterocycles. The fraction of sp³-hybridized carbons (Fsp3) is 0.278. The molecule has 1 aliphatic carbocycles. The second-order valence-corrected chi connectivity index (χ2v) is 5.89. The van der Waals surface area contributed by atoms with Gasteiger partial charge >= 0.3 is 0 Å². The van der Waals surface area contributed by atoms with Gasteiger partial charge in [0.05, 0.1) is 17.9 Å². The maximum Gasteiger partial charge on any atom is 0.250 e. The first-order valence-electron chi connectivity index (χ1n) is 7.88. The Balaban J connectivity index is 1.99. The molecule has 0 saturated heterocycles. The number of amides is 2. The second kappa shape index (κ2) is 6.31. The summed E-state index contributed by atoms with van der Waals surface area (Å²) in [6, 6.07) is 6.75. The number of rotatable bonds is 5. The Hall–Kier alpha value is -2.89. The predicted octanol–water partition coefficient (Wildman–Crippen LogP) is 1.73. The molecule has 2 amide bonds. The summed E-state index contributed by atoms with van der Waals surface area (Å²) in [6.07, 6.45) is 4.33. The third-order valence-electron chi connectivity index (χ3n) is 4.39. The van der Waals surface area contributed by atoms with Crippen molar-refractivity contribution in [2.75, 3.05) is 4.90 Å². The summed E-state index contributed by atoms with van der Waals surface area (Å²) in [5.74, 6) is -0.756. The lowest BCUT2D eigenvalue weighted by Crippen LogP contribution is -2.30. The highest BCUT2D eigenvalue weighted by molar-refractivity contribution is 6.02. The van der Waals surface area contributed by atoms with Crippen LogP contribution in [-0.2, 0) is 31.2 Å². The van der Waals surface area contributed by atoms with E-state index in [1.807, 2.05) is 11.7 Å². The lowest BCUT2D eigenvalue weighted by atomic mass is 10.1. The summed E-state index contributed by atoms with van der Waals surface area (Å²) in [5, 5.41) is 4.55. The van der Waals surface area contributed by atoms with E-state index in [1.165, 1.54) is 11.6 Å². The van der Waals surface area contributed by atoms with Crippen molar-refractivity contribution in [2.45, 2.75) is 25.8 Å². The number of aryl methyl sites for hydroxylation is 2. The van der Waals surface area contributed by atoms with Gasteiger partial charge in [-0.05, 0) is 49.1 Å². The van der Waals surface area contributed by atoms with Gasteiger partial charge in [0.1, 0.15) is 0 Å². The predicted molar refractivity (Wildman–Crippen MR) is 91.6 cm³/mol. The Morgan fingerprint density at radius 2 is 2.21 bits per heavy atom. The standard InChI is InChI=1S/C18H20N4O2/c1-3-17(23)22(13-7-4-6-12(10-13)18(19)24)11-16-14-8-5-9-15(14)20-21(16)2/h3-4,6-7,10H,1,5,8-9,11H2,2H3,(H2,19,24). The Morgan fingerprint density at radius 1 is 1.42 bits per heavy atom. The number of aromatic nitrogens is 2. The van der Waals surface area contributed by atoms with Gasteiger partial charge in [-0.25, -0.2) is 0 Å². The molecule has 3 rings (SSSR count). The van der Waals surface area contributed by atoms with Gasteiger partial charge in [-0.15, -0.1) is 0 Å². The smallest absolute Gasteiger partial charge is 0.250 e. The Morgan fingerprint density at radius 3 is 2.92 bits per heavy atom. The number of anilines is 1. The Bertz CT molecular complexity index is 822. The van der Waals surface area contributed by atoms with Crippen LogP contribution in [0.5, 0.6) is 0 Å². The molecular weight excluding hydrogens is 304 g/mol. The van der Waals surface area contributed by atoms with E-state index in [4.69, 9.17) is 5.73 Å². The molecule has 0 saturated carbocycles. The number of carbonyl (C=O) groups excluding carboxylic acids is 2. The number of primary amides is 1. The molecule has 0 bridgehead atoms. The van der Waals surface area contributed by atoms with Crippen molar-refractivity contribution < 1.29 is 9.59 Å². The summed E-state index contributed by atoms with van der Waals surface area (Å²) < 4.78 is 1.84. The first-order chi connectivity index (χ1) is 11.5. The maximum atomic E-state index is 12.4. The van der Waals surface area contributed by atoms with Gasteiger partial charge < -0.3 is 10.6 Å². The molecule has 24 heavy (non-hydrogen) atoms. The van der Waals surface area contributed by atoms with Gasteiger partial charge in [0, 0.05) is 18.3 Å². The molecule has 1 aromatic heterocycles. The molecule has 0 atom stereocenters. The zero-order chi connectivity index (χ0) is 17.3. The molecular formula is C18H20N4O2. The van der Waals surface area contributed by atoms with Crippen molar-refractivity contribution in [1.29, 1.82) is 0 Å². The minimum Gasteiger partial charge on any atom is -0.366 e. The van der Waals surface area contributed by atoms with Crippen LogP contribution < -0.4 is 10.6 Å². The van der Waals surface area contributed by atoms with Crippen LogP contribution in [0.3, 0.4) is 0 Å². The summed E-state index contributed by atoms with van der Waals surface area (Å²) in [5.41, 5.74) is 9.69. The molecule has 6 nitrogen and oxygen atoms in total. The van der Waals surface area contributed by atoms with Crippen LogP contribution in [0.1, 0.15) is 33.7 Å². The largest absolute Gasteiger partial charge is 0.366 e. The van der Waals surface area contributed by atoms with Crippen molar-refractivity contribution in [3.63, 3.8) is 0 Å². The van der Waals surface area contributed by atoms with E-state index in [2.05, 4.69) is 11.7 Å². The molecule has 2 N–H and O–H groups in total. The first kappa shape index (κ1) is 16.0. The number of benzene rings is 1. The summed E-state index contributed by atoms with van der Waals surface area (Å²) in [4.78, 5) is 25.4. The average Bonchev–Trinajstić information content (AvgIpc) is 3.13. The molecule has 0 fully saturated rings. The zero-order valence-corrected chi connectivity index (χ0v) is 13.7. The topological polar surface area (TPSA) is 81.2 Å². The van der Waals surface area contributed by atoms with Crippen LogP contribution in [0.25, 0.3) is 0 Å². The highest BCUT2D eigenvalue weighted by Gasteiger charge is 2.24. The van der Waals surface area contributed by atoms with Crippen molar-refractivity contribution in [1.82, 2.24) is 9.78 Å². The normalized spacial score (nSPS) is 12.7. The molecule has 0 unspecified atom stereocenters. The first-order valence-corrected chi connectivity index (χ1v) is 7.88. The summed E-state index contributed by atoms with van der Waals surface area (Å²) >= 11 is 0. The Labute approximate surface area is 140 Å². The monoisotopic (exact) mass is 324 g/mol. The molecule has 0 aliphatic heterocycles. The van der Waals surface area contributed by atoms with E-state index in [0.29, 0.717) is 17.8 Å². The third kappa shape index (κ3) is 2.82. The molecule has 1 aromatic carbocycles. The number of hydrogen-bond donors (Lipinski definition) is 1. The molecule has 124 valence electrons. The average molecular weight is 324 g/mol. The lowest BCUT2D eigenvalue weighted by Gasteiger charge is -2.22. The number of nitrogens with two attached hydrogens (primary N) is 1. The molecule has 1 aliphatic rings. The minimum absolute atomic E-state index is 0.232. The van der Waals surface area contributed by atoms with E-state index >= 15 is 0 Å². The van der Waals surface area contributed by atoms with Gasteiger partial charge in [0.15, 0.2) is 0 Å². The van der Waals surface area contributed by atoms with Gasteiger partial charge in [0.2, 0.25) is 5.91 Å². The minimum atomic E-state index is -0.524. The fourth-order valence-electron chi connectivity index (χ4n) is 3.17. The molecule has 6 heteroatoms. The molecule has 2 aromatic rings. The van der Waals surface area contributed by atoms with Crippen molar-refractivity contribution in [2.24, 2.45) is 12.8 Å². The van der Waals surface area contributed by atoms with E-state index in [-0.39, 0.29) is 5.91 Å². The fourth-order valence-corrected chi connectivity index (χ4v) is 3.17.